The minimum atomic E-state index is -2.94. The molecule has 0 aliphatic rings. The molecule has 0 spiro atoms. The first-order valence-electron chi connectivity index (χ1n) is 8.22. The van der Waals surface area contributed by atoms with Crippen molar-refractivity contribution in [3.8, 4) is 11.5 Å². The number of guanidine groups is 1. The molecule has 0 radical (unpaired) electrons. The average Bonchev–Trinajstić information content (AvgIpc) is 2.69. The number of rotatable bonds is 8. The van der Waals surface area contributed by atoms with E-state index in [1.807, 2.05) is 0 Å². The number of halogens is 2. The molecule has 0 amide bonds. The Bertz CT molecular complexity index is 829. The molecule has 0 unspecified atom stereocenters. The van der Waals surface area contributed by atoms with Crippen LogP contribution in [0.4, 0.5) is 14.5 Å². The summed E-state index contributed by atoms with van der Waals surface area (Å²) in [7, 11) is 3.04. The smallest absolute Gasteiger partial charge is 0.387 e. The van der Waals surface area contributed by atoms with E-state index >= 15 is 0 Å². The zero-order valence-electron chi connectivity index (χ0n) is 15.3. The highest BCUT2D eigenvalue weighted by Crippen LogP contribution is 2.25. The van der Waals surface area contributed by atoms with E-state index in [0.29, 0.717) is 23.8 Å². The van der Waals surface area contributed by atoms with Crippen LogP contribution in [0, 0.1) is 10.1 Å². The van der Waals surface area contributed by atoms with Crippen molar-refractivity contribution >= 4 is 11.6 Å². The Kier molecular flexibility index (Phi) is 7.49. The number of nitrogens with one attached hydrogen (secondary N) is 2. The predicted octanol–water partition coefficient (Wildman–Crippen LogP) is 3.07. The zero-order chi connectivity index (χ0) is 20.5. The fourth-order valence-corrected chi connectivity index (χ4v) is 2.35. The summed E-state index contributed by atoms with van der Waals surface area (Å²) in [6.07, 6.45) is 0. The van der Waals surface area contributed by atoms with Gasteiger partial charge in [0.25, 0.3) is 5.69 Å². The lowest BCUT2D eigenvalue weighted by Gasteiger charge is -2.15. The Morgan fingerprint density at radius 1 is 1.18 bits per heavy atom. The van der Waals surface area contributed by atoms with E-state index in [1.54, 1.807) is 25.2 Å². The monoisotopic (exact) mass is 394 g/mol. The van der Waals surface area contributed by atoms with Crippen molar-refractivity contribution in [2.24, 2.45) is 4.99 Å². The molecule has 2 aromatic rings. The van der Waals surface area contributed by atoms with Gasteiger partial charge in [-0.15, -0.1) is 0 Å². The van der Waals surface area contributed by atoms with E-state index < -0.39 is 11.5 Å². The summed E-state index contributed by atoms with van der Waals surface area (Å²) in [6.45, 7) is -2.40. The van der Waals surface area contributed by atoms with Gasteiger partial charge in [-0.2, -0.15) is 8.78 Å². The molecule has 0 saturated heterocycles. The third-order valence-corrected chi connectivity index (χ3v) is 3.76. The summed E-state index contributed by atoms with van der Waals surface area (Å²) >= 11 is 0. The normalized spacial score (nSPS) is 11.2. The maximum Gasteiger partial charge on any atom is 0.387 e. The number of nitro groups is 1. The van der Waals surface area contributed by atoms with Gasteiger partial charge in [0.2, 0.25) is 0 Å². The molecule has 0 heterocycles. The molecule has 2 N–H and O–H groups in total. The molecule has 0 aliphatic heterocycles. The van der Waals surface area contributed by atoms with E-state index in [-0.39, 0.29) is 18.0 Å². The van der Waals surface area contributed by atoms with E-state index in [2.05, 4.69) is 20.4 Å². The quantitative estimate of drug-likeness (QED) is 0.309. The minimum Gasteiger partial charge on any atom is -0.497 e. The molecule has 10 heteroatoms. The Morgan fingerprint density at radius 3 is 2.43 bits per heavy atom. The molecule has 0 atom stereocenters. The fraction of sp³-hybridized carbons (Fsp3) is 0.278. The van der Waals surface area contributed by atoms with Crippen molar-refractivity contribution in [3.05, 3.63) is 63.7 Å². The minimum absolute atomic E-state index is 0.0100. The van der Waals surface area contributed by atoms with E-state index in [4.69, 9.17) is 4.74 Å². The van der Waals surface area contributed by atoms with Gasteiger partial charge in [0.05, 0.1) is 12.0 Å². The number of methoxy groups -OCH3 is 1. The summed E-state index contributed by atoms with van der Waals surface area (Å²) in [5.74, 6) is 0.963. The first-order chi connectivity index (χ1) is 13.4. The van der Waals surface area contributed by atoms with Gasteiger partial charge in [0.15, 0.2) is 5.96 Å². The number of hydrogen-bond donors (Lipinski definition) is 2. The third kappa shape index (κ3) is 6.08. The van der Waals surface area contributed by atoms with Crippen LogP contribution in [0.5, 0.6) is 11.5 Å². The number of alkyl halides is 2. The van der Waals surface area contributed by atoms with Crippen molar-refractivity contribution in [2.45, 2.75) is 19.7 Å². The second-order valence-electron chi connectivity index (χ2n) is 5.56. The van der Waals surface area contributed by atoms with Crippen LogP contribution in [0.2, 0.25) is 0 Å². The highest BCUT2D eigenvalue weighted by atomic mass is 19.3. The van der Waals surface area contributed by atoms with Crippen LogP contribution in [0.25, 0.3) is 0 Å². The molecule has 2 aromatic carbocycles. The number of nitro benzene ring substituents is 1. The Morgan fingerprint density at radius 2 is 1.86 bits per heavy atom. The van der Waals surface area contributed by atoms with E-state index in [1.165, 1.54) is 31.4 Å². The lowest BCUT2D eigenvalue weighted by Crippen LogP contribution is -2.36. The summed E-state index contributed by atoms with van der Waals surface area (Å²) < 4.78 is 34.8. The van der Waals surface area contributed by atoms with E-state index in [0.717, 1.165) is 5.56 Å². The molecule has 2 rings (SSSR count). The van der Waals surface area contributed by atoms with Gasteiger partial charge in [-0.25, -0.2) is 0 Å². The van der Waals surface area contributed by atoms with Gasteiger partial charge in [0.1, 0.15) is 11.5 Å². The van der Waals surface area contributed by atoms with Crippen molar-refractivity contribution in [1.82, 2.24) is 10.6 Å². The molecule has 0 saturated carbocycles. The van der Waals surface area contributed by atoms with Gasteiger partial charge in [0, 0.05) is 37.8 Å². The standard InChI is InChI=1S/C18H20F2N4O4/c1-21-18(22-10-12-3-5-14(6-4-12)24(25)26)23-11-13-9-15(27-2)7-8-16(13)28-17(19)20/h3-9,17H,10-11H2,1-2H3,(H2,21,22,23). The molecule has 0 aromatic heterocycles. The molecule has 0 aliphatic carbocycles. The summed E-state index contributed by atoms with van der Waals surface area (Å²) in [5.41, 5.74) is 1.30. The average molecular weight is 394 g/mol. The molecular weight excluding hydrogens is 374 g/mol. The largest absolute Gasteiger partial charge is 0.497 e. The molecule has 0 fully saturated rings. The number of non-ortho nitro benzene ring substituents is 1. The van der Waals surface area contributed by atoms with Gasteiger partial charge in [-0.3, -0.25) is 15.1 Å². The summed E-state index contributed by atoms with van der Waals surface area (Å²) in [5, 5.41) is 16.7. The second kappa shape index (κ2) is 10.0. The van der Waals surface area contributed by atoms with Crippen LogP contribution in [0.1, 0.15) is 11.1 Å². The highest BCUT2D eigenvalue weighted by Gasteiger charge is 2.12. The number of benzene rings is 2. The number of aliphatic imine (C=N–C) groups is 1. The number of hydrogen-bond acceptors (Lipinski definition) is 5. The molecule has 8 nitrogen and oxygen atoms in total. The van der Waals surface area contributed by atoms with Gasteiger partial charge >= 0.3 is 6.61 Å². The van der Waals surface area contributed by atoms with Crippen LogP contribution < -0.4 is 20.1 Å². The SMILES string of the molecule is CN=C(NCc1ccc([N+](=O)[O-])cc1)NCc1cc(OC)ccc1OC(F)F. The zero-order valence-corrected chi connectivity index (χ0v) is 15.3. The van der Waals surface area contributed by atoms with E-state index in [9.17, 15) is 18.9 Å². The Balaban J connectivity index is 1.98. The predicted molar refractivity (Wildman–Crippen MR) is 99.8 cm³/mol. The maximum atomic E-state index is 12.6. The van der Waals surface area contributed by atoms with Gasteiger partial charge in [-0.05, 0) is 23.8 Å². The second-order valence-corrected chi connectivity index (χ2v) is 5.56. The van der Waals surface area contributed by atoms with Crippen molar-refractivity contribution < 1.29 is 23.2 Å². The fourth-order valence-electron chi connectivity index (χ4n) is 2.35. The molecular formula is C18H20F2N4O4. The van der Waals surface area contributed by atoms with Crippen LogP contribution in [-0.2, 0) is 13.1 Å². The molecule has 28 heavy (non-hydrogen) atoms. The van der Waals surface area contributed by atoms with Crippen molar-refractivity contribution in [1.29, 1.82) is 0 Å². The molecule has 150 valence electrons. The topological polar surface area (TPSA) is 98.0 Å². The van der Waals surface area contributed by atoms with Crippen LogP contribution in [0.15, 0.2) is 47.5 Å². The van der Waals surface area contributed by atoms with Gasteiger partial charge in [-0.1, -0.05) is 12.1 Å². The lowest BCUT2D eigenvalue weighted by atomic mass is 10.2. The summed E-state index contributed by atoms with van der Waals surface area (Å²) in [4.78, 5) is 14.3. The Hall–Kier alpha value is -3.43. The molecule has 0 bridgehead atoms. The first-order valence-corrected chi connectivity index (χ1v) is 8.22. The number of nitrogens with zero attached hydrogens (tertiary/aromatic N) is 2. The summed E-state index contributed by atoms with van der Waals surface area (Å²) in [6, 6.07) is 10.6. The Labute approximate surface area is 160 Å². The van der Waals surface area contributed by atoms with Crippen molar-refractivity contribution in [3.63, 3.8) is 0 Å². The first kappa shape index (κ1) is 20.9. The lowest BCUT2D eigenvalue weighted by molar-refractivity contribution is -0.384. The van der Waals surface area contributed by atoms with Crippen LogP contribution >= 0.6 is 0 Å². The van der Waals surface area contributed by atoms with Gasteiger partial charge < -0.3 is 20.1 Å². The van der Waals surface area contributed by atoms with Crippen LogP contribution in [-0.4, -0.2) is 31.7 Å². The third-order valence-electron chi connectivity index (χ3n) is 3.76. The number of ether oxygens (including phenoxy) is 2. The highest BCUT2D eigenvalue weighted by molar-refractivity contribution is 5.79. The van der Waals surface area contributed by atoms with Crippen LogP contribution in [0.3, 0.4) is 0 Å². The van der Waals surface area contributed by atoms with Crippen molar-refractivity contribution in [2.75, 3.05) is 14.2 Å². The maximum absolute atomic E-state index is 12.6.